The van der Waals surface area contributed by atoms with Crippen LogP contribution in [-0.2, 0) is 9.53 Å². The lowest BCUT2D eigenvalue weighted by molar-refractivity contribution is -0.133. The Hall–Kier alpha value is -6.31. The van der Waals surface area contributed by atoms with Crippen molar-refractivity contribution in [1.82, 2.24) is 10.3 Å². The van der Waals surface area contributed by atoms with Crippen LogP contribution in [0, 0.1) is 29.1 Å². The Morgan fingerprint density at radius 3 is 2.08 bits per heavy atom. The highest BCUT2D eigenvalue weighted by Gasteiger charge is 2.30. The number of rotatable bonds is 7. The molecule has 0 atom stereocenters. The number of carbonyl (C=O) groups excluding carboxylic acids is 2. The van der Waals surface area contributed by atoms with Gasteiger partial charge in [0.05, 0.1) is 6.61 Å². The summed E-state index contributed by atoms with van der Waals surface area (Å²) in [5, 5.41) is 2.01. The summed E-state index contributed by atoms with van der Waals surface area (Å²) in [5.74, 6) is -13.8. The van der Waals surface area contributed by atoms with Crippen molar-refractivity contribution in [3.05, 3.63) is 135 Å². The maximum atomic E-state index is 13.6. The molecule has 7 rings (SSSR count). The minimum absolute atomic E-state index is 0.0629. The van der Waals surface area contributed by atoms with Crippen molar-refractivity contribution in [2.75, 3.05) is 19.8 Å². The first-order chi connectivity index (χ1) is 24.5. The Morgan fingerprint density at radius 1 is 0.804 bits per heavy atom. The third-order valence-electron chi connectivity index (χ3n) is 7.74. The topological polar surface area (TPSA) is 117 Å². The van der Waals surface area contributed by atoms with Gasteiger partial charge in [0.15, 0.2) is 16.8 Å². The highest BCUT2D eigenvalue weighted by atomic mass is 19.2. The van der Waals surface area contributed by atoms with Gasteiger partial charge in [0.25, 0.3) is 0 Å². The minimum atomic E-state index is -2.39. The van der Waals surface area contributed by atoms with Gasteiger partial charge in [-0.3, -0.25) is 4.79 Å². The van der Waals surface area contributed by atoms with Crippen LogP contribution in [-0.4, -0.2) is 36.8 Å². The van der Waals surface area contributed by atoms with Gasteiger partial charge in [-0.15, -0.1) is 0 Å². The molecular formula is C37H25F5N2O7. The molecule has 51 heavy (non-hydrogen) atoms. The maximum absolute atomic E-state index is 13.6. The van der Waals surface area contributed by atoms with Gasteiger partial charge in [-0.2, -0.15) is 8.78 Å². The number of carbonyl (C=O) groups is 2. The molecule has 4 aromatic rings. The first-order valence-electron chi connectivity index (χ1n) is 15.3. The van der Waals surface area contributed by atoms with Crippen LogP contribution in [0.1, 0.15) is 24.0 Å². The van der Waals surface area contributed by atoms with Crippen LogP contribution in [0.25, 0.3) is 33.7 Å². The van der Waals surface area contributed by atoms with Gasteiger partial charge >= 0.3 is 12.1 Å². The number of amides is 1. The molecular weight excluding hydrogens is 679 g/mol. The van der Waals surface area contributed by atoms with Crippen molar-refractivity contribution in [3.63, 3.8) is 0 Å². The molecule has 1 N–H and O–H groups in total. The molecule has 0 radical (unpaired) electrons. The highest BCUT2D eigenvalue weighted by molar-refractivity contribution is 5.81. The lowest BCUT2D eigenvalue weighted by Gasteiger charge is -2.14. The molecule has 1 heterocycles. The van der Waals surface area contributed by atoms with Crippen molar-refractivity contribution in [2.45, 2.75) is 12.8 Å². The van der Waals surface area contributed by atoms with Crippen molar-refractivity contribution in [3.8, 4) is 34.1 Å². The van der Waals surface area contributed by atoms with Crippen LogP contribution in [0.5, 0.6) is 11.5 Å². The van der Waals surface area contributed by atoms with E-state index >= 15 is 0 Å². The summed E-state index contributed by atoms with van der Waals surface area (Å²) >= 11 is 0. The van der Waals surface area contributed by atoms with Crippen LogP contribution in [0.15, 0.2) is 94.1 Å². The standard InChI is InChI=1S/C23H14F5NO4.C14H11NO3/c24-17-18(25)20(27)22(21(28)19(17)26)33-16(30)9-29-23(31)32-10-15-13-7-3-1-5-11(13)12-6-2-4-8-14(12)15;1-2-17-10-4-6-12-14(8-10)18-13-7-9(16)3-5-11(13)15-12/h1-8,15H,9-10H2,(H,29,31);3-8H,2H2,1H3. The SMILES string of the molecule is CCOc1ccc2nc3ccc(=O)cc-3oc2c1.O=C(CNC(=O)OCC1c2ccccc2-c2ccccc21)Oc1c(F)c(F)c(F)c(F)c1F. The van der Waals surface area contributed by atoms with Crippen molar-refractivity contribution >= 4 is 23.2 Å². The first kappa shape index (κ1) is 34.5. The second kappa shape index (κ2) is 14.7. The first-order valence-corrected chi connectivity index (χ1v) is 15.3. The Kier molecular flexibility index (Phi) is 9.93. The number of esters is 1. The molecule has 4 aromatic carbocycles. The molecule has 0 aromatic heterocycles. The Bertz CT molecular complexity index is 2240. The average Bonchev–Trinajstić information content (AvgIpc) is 3.46. The molecule has 3 aliphatic rings. The summed E-state index contributed by atoms with van der Waals surface area (Å²) in [6.07, 6.45) is -1.04. The zero-order valence-electron chi connectivity index (χ0n) is 26.5. The molecule has 0 bridgehead atoms. The normalized spacial score (nSPS) is 11.7. The van der Waals surface area contributed by atoms with E-state index in [2.05, 4.69) is 9.72 Å². The number of ether oxygens (including phenoxy) is 3. The number of nitrogens with zero attached hydrogens (tertiary/aromatic N) is 1. The predicted molar refractivity (Wildman–Crippen MR) is 173 cm³/mol. The molecule has 0 saturated carbocycles. The van der Waals surface area contributed by atoms with E-state index < -0.39 is 53.4 Å². The molecule has 0 unspecified atom stereocenters. The van der Waals surface area contributed by atoms with Gasteiger partial charge in [0, 0.05) is 18.1 Å². The fourth-order valence-corrected chi connectivity index (χ4v) is 5.46. The van der Waals surface area contributed by atoms with Crippen LogP contribution in [0.4, 0.5) is 26.7 Å². The van der Waals surface area contributed by atoms with E-state index in [1.165, 1.54) is 12.1 Å². The van der Waals surface area contributed by atoms with Gasteiger partial charge < -0.3 is 23.9 Å². The Labute approximate surface area is 285 Å². The monoisotopic (exact) mass is 704 g/mol. The fourth-order valence-electron chi connectivity index (χ4n) is 5.46. The molecule has 0 saturated heterocycles. The quantitative estimate of drug-likeness (QED) is 0.0453. The van der Waals surface area contributed by atoms with Crippen molar-refractivity contribution in [2.24, 2.45) is 0 Å². The van der Waals surface area contributed by atoms with Gasteiger partial charge in [-0.05, 0) is 53.4 Å². The summed E-state index contributed by atoms with van der Waals surface area (Å²) in [5.41, 5.74) is 5.86. The summed E-state index contributed by atoms with van der Waals surface area (Å²) in [6, 6.07) is 25.2. The van der Waals surface area contributed by atoms with E-state index in [9.17, 15) is 36.3 Å². The number of nitrogens with one attached hydrogen (secondary N) is 1. The Morgan fingerprint density at radius 2 is 1.43 bits per heavy atom. The second-order valence-corrected chi connectivity index (χ2v) is 11.0. The summed E-state index contributed by atoms with van der Waals surface area (Å²) < 4.78 is 87.0. The zero-order valence-corrected chi connectivity index (χ0v) is 26.5. The fraction of sp³-hybridized carbons (Fsp3) is 0.135. The van der Waals surface area contributed by atoms with E-state index in [4.69, 9.17) is 13.9 Å². The lowest BCUT2D eigenvalue weighted by Crippen LogP contribution is -2.33. The van der Waals surface area contributed by atoms with E-state index in [-0.39, 0.29) is 18.0 Å². The molecule has 0 fully saturated rings. The van der Waals surface area contributed by atoms with Crippen molar-refractivity contribution in [1.29, 1.82) is 0 Å². The summed E-state index contributed by atoms with van der Waals surface area (Å²) in [4.78, 5) is 39.5. The number of hydrogen-bond donors (Lipinski definition) is 1. The van der Waals surface area contributed by atoms with E-state index in [1.807, 2.05) is 72.9 Å². The molecule has 260 valence electrons. The van der Waals surface area contributed by atoms with Crippen LogP contribution < -0.4 is 20.2 Å². The predicted octanol–water partition coefficient (Wildman–Crippen LogP) is 7.52. The van der Waals surface area contributed by atoms with E-state index in [0.717, 1.165) is 33.5 Å². The number of aromatic nitrogens is 1. The molecule has 1 aliphatic heterocycles. The average molecular weight is 705 g/mol. The summed E-state index contributed by atoms with van der Waals surface area (Å²) in [6.45, 7) is 1.52. The van der Waals surface area contributed by atoms with Crippen LogP contribution >= 0.6 is 0 Å². The molecule has 1 amide bonds. The minimum Gasteiger partial charge on any atom is -0.494 e. The highest BCUT2D eigenvalue weighted by Crippen LogP contribution is 2.44. The zero-order chi connectivity index (χ0) is 36.2. The van der Waals surface area contributed by atoms with Gasteiger partial charge in [0.2, 0.25) is 34.8 Å². The maximum Gasteiger partial charge on any atom is 0.407 e. The molecule has 0 spiro atoms. The van der Waals surface area contributed by atoms with E-state index in [0.29, 0.717) is 23.6 Å². The molecule has 9 nitrogen and oxygen atoms in total. The third kappa shape index (κ3) is 7.20. The summed E-state index contributed by atoms with van der Waals surface area (Å²) in [7, 11) is 0. The largest absolute Gasteiger partial charge is 0.494 e. The van der Waals surface area contributed by atoms with Crippen LogP contribution in [0.3, 0.4) is 0 Å². The number of hydrogen-bond acceptors (Lipinski definition) is 8. The van der Waals surface area contributed by atoms with Crippen molar-refractivity contribution < 1.29 is 50.2 Å². The lowest BCUT2D eigenvalue weighted by atomic mass is 9.98. The van der Waals surface area contributed by atoms with Gasteiger partial charge in [-0.25, -0.2) is 27.7 Å². The number of alkyl carbamates (subject to hydrolysis) is 1. The molecule has 14 heteroatoms. The smallest absolute Gasteiger partial charge is 0.407 e. The number of fused-ring (bicyclic) bond motifs is 5. The molecule has 2 aliphatic carbocycles. The number of halogens is 5. The number of benzene rings is 5. The third-order valence-corrected chi connectivity index (χ3v) is 7.74. The second-order valence-electron chi connectivity index (χ2n) is 11.0. The Balaban J connectivity index is 0.000000208. The van der Waals surface area contributed by atoms with Crippen LogP contribution in [0.2, 0.25) is 0 Å². The van der Waals surface area contributed by atoms with E-state index in [1.54, 1.807) is 12.1 Å². The van der Waals surface area contributed by atoms with Gasteiger partial charge in [-0.1, -0.05) is 48.5 Å². The van der Waals surface area contributed by atoms with Gasteiger partial charge in [0.1, 0.15) is 30.1 Å².